The molecule has 1 aromatic heterocycles. The molecule has 19 heavy (non-hydrogen) atoms. The Labute approximate surface area is 112 Å². The van der Waals surface area contributed by atoms with Crippen LogP contribution in [0.3, 0.4) is 0 Å². The number of nitrogens with zero attached hydrogens (tertiary/aromatic N) is 5. The molecule has 1 aliphatic rings. The molecule has 2 amide bonds. The van der Waals surface area contributed by atoms with Crippen molar-refractivity contribution in [2.24, 2.45) is 0 Å². The lowest BCUT2D eigenvalue weighted by Crippen LogP contribution is -2.51. The second kappa shape index (κ2) is 5.83. The molecule has 0 atom stereocenters. The number of rotatable bonds is 2. The molecule has 104 valence electrons. The standard InChI is InChI=1S/C12H19N5O2/c1-14(2)11(18)9-15-5-7-16(8-6-15)12(19)17-4-3-13-10-17/h3-4,10H,5-9H2,1-2H3. The largest absolute Gasteiger partial charge is 0.348 e. The SMILES string of the molecule is CN(C)C(=O)CN1CCN(C(=O)n2ccnc2)CC1. The highest BCUT2D eigenvalue weighted by Crippen LogP contribution is 2.04. The normalized spacial score (nSPS) is 16.4. The van der Waals surface area contributed by atoms with Gasteiger partial charge in [-0.3, -0.25) is 14.3 Å². The summed E-state index contributed by atoms with van der Waals surface area (Å²) in [5, 5.41) is 0. The fraction of sp³-hybridized carbons (Fsp3) is 0.583. The average molecular weight is 265 g/mol. The van der Waals surface area contributed by atoms with E-state index in [1.54, 1.807) is 36.3 Å². The zero-order valence-electron chi connectivity index (χ0n) is 11.3. The van der Waals surface area contributed by atoms with Gasteiger partial charge in [-0.25, -0.2) is 9.78 Å². The number of imidazole rings is 1. The smallest absolute Gasteiger partial charge is 0.329 e. The van der Waals surface area contributed by atoms with Crippen LogP contribution in [0.4, 0.5) is 4.79 Å². The van der Waals surface area contributed by atoms with Crippen molar-refractivity contribution in [3.8, 4) is 0 Å². The van der Waals surface area contributed by atoms with Gasteiger partial charge in [-0.1, -0.05) is 0 Å². The highest BCUT2D eigenvalue weighted by Gasteiger charge is 2.23. The lowest BCUT2D eigenvalue weighted by molar-refractivity contribution is -0.130. The lowest BCUT2D eigenvalue weighted by atomic mass is 10.3. The van der Waals surface area contributed by atoms with Gasteiger partial charge in [-0.15, -0.1) is 0 Å². The number of amides is 2. The molecule has 7 heteroatoms. The number of carbonyl (C=O) groups is 2. The molecule has 7 nitrogen and oxygen atoms in total. The van der Waals surface area contributed by atoms with E-state index in [4.69, 9.17) is 0 Å². The highest BCUT2D eigenvalue weighted by molar-refractivity contribution is 5.78. The monoisotopic (exact) mass is 265 g/mol. The molecule has 1 aliphatic heterocycles. The van der Waals surface area contributed by atoms with Crippen LogP contribution in [-0.4, -0.2) is 83.0 Å². The molecular formula is C12H19N5O2. The van der Waals surface area contributed by atoms with Gasteiger partial charge in [0.25, 0.3) is 0 Å². The summed E-state index contributed by atoms with van der Waals surface area (Å²) in [7, 11) is 3.50. The third-order valence-corrected chi connectivity index (χ3v) is 3.23. The van der Waals surface area contributed by atoms with Gasteiger partial charge in [0, 0.05) is 52.7 Å². The van der Waals surface area contributed by atoms with Gasteiger partial charge in [0.05, 0.1) is 6.54 Å². The van der Waals surface area contributed by atoms with Gasteiger partial charge in [0.15, 0.2) is 0 Å². The first-order chi connectivity index (χ1) is 9.08. The second-order valence-electron chi connectivity index (χ2n) is 4.80. The molecule has 0 bridgehead atoms. The summed E-state index contributed by atoms with van der Waals surface area (Å²) in [6.45, 7) is 3.13. The zero-order valence-corrected chi connectivity index (χ0v) is 11.3. The fourth-order valence-electron chi connectivity index (χ4n) is 1.97. The lowest BCUT2D eigenvalue weighted by Gasteiger charge is -2.34. The fourth-order valence-corrected chi connectivity index (χ4v) is 1.97. The quantitative estimate of drug-likeness (QED) is 0.727. The number of hydrogen-bond donors (Lipinski definition) is 0. The molecule has 0 aromatic carbocycles. The topological polar surface area (TPSA) is 61.7 Å². The maximum atomic E-state index is 12.1. The third-order valence-electron chi connectivity index (χ3n) is 3.23. The maximum absolute atomic E-state index is 12.1. The Balaban J connectivity index is 1.82. The first kappa shape index (κ1) is 13.5. The Morgan fingerprint density at radius 1 is 1.21 bits per heavy atom. The first-order valence-corrected chi connectivity index (χ1v) is 6.27. The predicted octanol–water partition coefficient (Wildman–Crippen LogP) is -0.443. The van der Waals surface area contributed by atoms with Crippen LogP contribution in [0.5, 0.6) is 0 Å². The van der Waals surface area contributed by atoms with Gasteiger partial charge in [0.2, 0.25) is 5.91 Å². The van der Waals surface area contributed by atoms with Crippen molar-refractivity contribution in [1.82, 2.24) is 24.3 Å². The summed E-state index contributed by atoms with van der Waals surface area (Å²) in [6, 6.07) is -0.0592. The van der Waals surface area contributed by atoms with E-state index in [0.717, 1.165) is 13.1 Å². The van der Waals surface area contributed by atoms with E-state index in [2.05, 4.69) is 9.88 Å². The minimum absolute atomic E-state index is 0.0592. The minimum atomic E-state index is -0.0592. The van der Waals surface area contributed by atoms with Crippen LogP contribution < -0.4 is 0 Å². The molecule has 1 fully saturated rings. The van der Waals surface area contributed by atoms with Crippen molar-refractivity contribution < 1.29 is 9.59 Å². The van der Waals surface area contributed by atoms with Crippen LogP contribution in [0.25, 0.3) is 0 Å². The summed E-state index contributed by atoms with van der Waals surface area (Å²) in [5.74, 6) is 0.0920. The van der Waals surface area contributed by atoms with Crippen LogP contribution in [0.1, 0.15) is 0 Å². The van der Waals surface area contributed by atoms with Gasteiger partial charge in [0.1, 0.15) is 6.33 Å². The zero-order chi connectivity index (χ0) is 13.8. The number of carbonyl (C=O) groups excluding carboxylic acids is 2. The van der Waals surface area contributed by atoms with E-state index in [0.29, 0.717) is 19.6 Å². The van der Waals surface area contributed by atoms with E-state index in [1.165, 1.54) is 10.9 Å². The molecule has 0 N–H and O–H groups in total. The molecule has 2 heterocycles. The van der Waals surface area contributed by atoms with Gasteiger partial charge in [-0.2, -0.15) is 0 Å². The molecule has 1 saturated heterocycles. The van der Waals surface area contributed by atoms with E-state index in [9.17, 15) is 9.59 Å². The van der Waals surface area contributed by atoms with Gasteiger partial charge in [-0.05, 0) is 0 Å². The van der Waals surface area contributed by atoms with Crippen molar-refractivity contribution in [3.63, 3.8) is 0 Å². The summed E-state index contributed by atoms with van der Waals surface area (Å²) in [4.78, 5) is 33.0. The maximum Gasteiger partial charge on any atom is 0.329 e. The summed E-state index contributed by atoms with van der Waals surface area (Å²) in [6.07, 6.45) is 4.73. The molecule has 2 rings (SSSR count). The van der Waals surface area contributed by atoms with Crippen LogP contribution in [0, 0.1) is 0 Å². The summed E-state index contributed by atoms with van der Waals surface area (Å²) in [5.41, 5.74) is 0. The van der Waals surface area contributed by atoms with Gasteiger partial charge >= 0.3 is 6.03 Å². The van der Waals surface area contributed by atoms with Crippen LogP contribution in [0.2, 0.25) is 0 Å². The third kappa shape index (κ3) is 3.31. The van der Waals surface area contributed by atoms with Crippen molar-refractivity contribution in [2.45, 2.75) is 0 Å². The Morgan fingerprint density at radius 2 is 1.89 bits per heavy atom. The van der Waals surface area contributed by atoms with Crippen molar-refractivity contribution in [1.29, 1.82) is 0 Å². The summed E-state index contributed by atoms with van der Waals surface area (Å²) < 4.78 is 1.47. The Hall–Kier alpha value is -1.89. The molecule has 0 aliphatic carbocycles. The predicted molar refractivity (Wildman–Crippen MR) is 69.7 cm³/mol. The van der Waals surface area contributed by atoms with Crippen molar-refractivity contribution in [3.05, 3.63) is 18.7 Å². The average Bonchev–Trinajstić information content (AvgIpc) is 2.92. The number of hydrogen-bond acceptors (Lipinski definition) is 4. The highest BCUT2D eigenvalue weighted by atomic mass is 16.2. The minimum Gasteiger partial charge on any atom is -0.348 e. The van der Waals surface area contributed by atoms with Crippen molar-refractivity contribution >= 4 is 11.9 Å². The van der Waals surface area contributed by atoms with Crippen LogP contribution >= 0.6 is 0 Å². The van der Waals surface area contributed by atoms with Gasteiger partial charge < -0.3 is 9.80 Å². The molecule has 0 radical (unpaired) electrons. The van der Waals surface area contributed by atoms with E-state index >= 15 is 0 Å². The molecule has 0 unspecified atom stereocenters. The van der Waals surface area contributed by atoms with E-state index in [1.807, 2.05) is 0 Å². The number of piperazine rings is 1. The summed E-state index contributed by atoms with van der Waals surface area (Å²) >= 11 is 0. The van der Waals surface area contributed by atoms with E-state index < -0.39 is 0 Å². The van der Waals surface area contributed by atoms with Crippen LogP contribution in [0.15, 0.2) is 18.7 Å². The van der Waals surface area contributed by atoms with Crippen LogP contribution in [-0.2, 0) is 4.79 Å². The van der Waals surface area contributed by atoms with Crippen molar-refractivity contribution in [2.75, 3.05) is 46.8 Å². The Bertz CT molecular complexity index is 435. The number of likely N-dealkylation sites (N-methyl/N-ethyl adjacent to an activating group) is 1. The molecule has 0 spiro atoms. The number of aromatic nitrogens is 2. The second-order valence-corrected chi connectivity index (χ2v) is 4.80. The first-order valence-electron chi connectivity index (χ1n) is 6.27. The molecular weight excluding hydrogens is 246 g/mol. The Kier molecular flexibility index (Phi) is 4.16. The van der Waals surface area contributed by atoms with E-state index in [-0.39, 0.29) is 11.9 Å². The Morgan fingerprint density at radius 3 is 2.42 bits per heavy atom. The molecule has 1 aromatic rings. The molecule has 0 saturated carbocycles.